The molecule has 0 aromatic heterocycles. The third kappa shape index (κ3) is 4.06. The number of ether oxygens (including phenoxy) is 2. The van der Waals surface area contributed by atoms with Crippen LogP contribution >= 0.6 is 23.2 Å². The van der Waals surface area contributed by atoms with E-state index in [1.54, 1.807) is 54.6 Å². The number of benzene rings is 3. The number of halogens is 2. The van der Waals surface area contributed by atoms with E-state index in [2.05, 4.69) is 0 Å². The molecule has 1 aliphatic heterocycles. The number of hydrogen-bond acceptors (Lipinski definition) is 5. The van der Waals surface area contributed by atoms with Crippen molar-refractivity contribution in [1.82, 2.24) is 0 Å². The van der Waals surface area contributed by atoms with Crippen molar-refractivity contribution in [2.75, 3.05) is 19.1 Å². The Morgan fingerprint density at radius 1 is 0.970 bits per heavy atom. The predicted octanol–water partition coefficient (Wildman–Crippen LogP) is 5.02. The van der Waals surface area contributed by atoms with E-state index in [9.17, 15) is 14.7 Å². The van der Waals surface area contributed by atoms with E-state index in [-0.39, 0.29) is 6.54 Å². The van der Waals surface area contributed by atoms with Gasteiger partial charge >= 0.3 is 0 Å². The van der Waals surface area contributed by atoms with Gasteiger partial charge in [-0.1, -0.05) is 47.5 Å². The molecule has 0 fully saturated rings. The zero-order valence-electron chi connectivity index (χ0n) is 18.0. The number of carbonyl (C=O) groups is 2. The van der Waals surface area contributed by atoms with E-state index in [0.29, 0.717) is 43.9 Å². The molecule has 33 heavy (non-hydrogen) atoms. The zero-order valence-corrected chi connectivity index (χ0v) is 19.5. The maximum Gasteiger partial charge on any atom is 0.264 e. The van der Waals surface area contributed by atoms with Crippen molar-refractivity contribution in [3.8, 4) is 11.5 Å². The Hall–Kier alpha value is -3.06. The van der Waals surface area contributed by atoms with E-state index >= 15 is 0 Å². The number of aliphatic hydroxyl groups is 1. The Balaban J connectivity index is 1.69. The molecule has 0 bridgehead atoms. The van der Waals surface area contributed by atoms with Gasteiger partial charge in [0.2, 0.25) is 0 Å². The molecule has 4 rings (SSSR count). The van der Waals surface area contributed by atoms with Crippen LogP contribution in [0.5, 0.6) is 11.5 Å². The highest BCUT2D eigenvalue weighted by atomic mass is 35.5. The van der Waals surface area contributed by atoms with Gasteiger partial charge in [0.05, 0.1) is 32.9 Å². The van der Waals surface area contributed by atoms with Crippen LogP contribution in [0.25, 0.3) is 0 Å². The van der Waals surface area contributed by atoms with Gasteiger partial charge in [-0.3, -0.25) is 9.59 Å². The summed E-state index contributed by atoms with van der Waals surface area (Å²) in [7, 11) is 2.96. The summed E-state index contributed by atoms with van der Waals surface area (Å²) in [6.45, 7) is 0.0568. The van der Waals surface area contributed by atoms with E-state index in [1.807, 2.05) is 0 Å². The third-order valence-corrected chi connectivity index (χ3v) is 6.45. The van der Waals surface area contributed by atoms with E-state index in [1.165, 1.54) is 25.2 Å². The summed E-state index contributed by atoms with van der Waals surface area (Å²) in [5.41, 5.74) is -0.333. The average molecular weight is 486 g/mol. The molecule has 1 amide bonds. The Kier molecular flexibility index (Phi) is 6.34. The number of Topliss-reactive ketones (excluding diaryl/α,β-unsaturated/α-hetero) is 1. The molecule has 0 spiro atoms. The van der Waals surface area contributed by atoms with Gasteiger partial charge in [0.25, 0.3) is 5.91 Å². The minimum atomic E-state index is -2.03. The van der Waals surface area contributed by atoms with Crippen molar-refractivity contribution in [3.63, 3.8) is 0 Å². The number of rotatable bonds is 7. The molecule has 0 saturated heterocycles. The second-order valence-electron chi connectivity index (χ2n) is 7.64. The highest BCUT2D eigenvalue weighted by molar-refractivity contribution is 6.36. The largest absolute Gasteiger partial charge is 0.493 e. The minimum Gasteiger partial charge on any atom is -0.493 e. The Morgan fingerprint density at radius 3 is 2.30 bits per heavy atom. The van der Waals surface area contributed by atoms with Crippen molar-refractivity contribution >= 4 is 40.6 Å². The third-order valence-electron chi connectivity index (χ3n) is 5.74. The molecule has 1 N–H and O–H groups in total. The van der Waals surface area contributed by atoms with Gasteiger partial charge < -0.3 is 19.5 Å². The number of nitrogens with zero attached hydrogens (tertiary/aromatic N) is 1. The standard InChI is InChI=1S/C25H21Cl2NO5/c1-32-22-11-10-15(12-23(22)33-2)21(29)13-25(31)17-6-3-4-9-20(17)28(24(25)30)14-16-18(26)7-5-8-19(16)27/h3-12,31H,13-14H2,1-2H3. The quantitative estimate of drug-likeness (QED) is 0.475. The van der Waals surface area contributed by atoms with Gasteiger partial charge in [0.15, 0.2) is 22.9 Å². The summed E-state index contributed by atoms with van der Waals surface area (Å²) in [6, 6.07) is 16.6. The van der Waals surface area contributed by atoms with Gasteiger partial charge in [-0.05, 0) is 36.4 Å². The molecule has 3 aromatic carbocycles. The van der Waals surface area contributed by atoms with E-state index < -0.39 is 23.7 Å². The Morgan fingerprint density at radius 2 is 1.64 bits per heavy atom. The molecule has 1 aliphatic rings. The molecule has 1 unspecified atom stereocenters. The molecular formula is C25H21Cl2NO5. The fourth-order valence-corrected chi connectivity index (χ4v) is 4.54. The Labute approximate surface area is 201 Å². The highest BCUT2D eigenvalue weighted by Gasteiger charge is 2.51. The number of anilines is 1. The first-order valence-corrected chi connectivity index (χ1v) is 10.9. The monoisotopic (exact) mass is 485 g/mol. The molecule has 1 atom stereocenters. The number of para-hydroxylation sites is 1. The number of fused-ring (bicyclic) bond motifs is 1. The summed E-state index contributed by atoms with van der Waals surface area (Å²) in [5, 5.41) is 12.3. The van der Waals surface area contributed by atoms with Crippen LogP contribution in [0.3, 0.4) is 0 Å². The molecule has 1 heterocycles. The molecule has 0 aliphatic carbocycles. The lowest BCUT2D eigenvalue weighted by Crippen LogP contribution is -2.41. The molecule has 170 valence electrons. The summed E-state index contributed by atoms with van der Waals surface area (Å²) < 4.78 is 10.5. The average Bonchev–Trinajstić information content (AvgIpc) is 3.02. The maximum atomic E-state index is 13.5. The highest BCUT2D eigenvalue weighted by Crippen LogP contribution is 2.44. The number of methoxy groups -OCH3 is 2. The van der Waals surface area contributed by atoms with Crippen LogP contribution in [0.2, 0.25) is 10.0 Å². The molecule has 0 saturated carbocycles. The molecule has 8 heteroatoms. The first-order chi connectivity index (χ1) is 15.8. The van der Waals surface area contributed by atoms with Crippen LogP contribution in [0.4, 0.5) is 5.69 Å². The lowest BCUT2D eigenvalue weighted by Gasteiger charge is -2.23. The first kappa shape index (κ1) is 23.1. The van der Waals surface area contributed by atoms with Crippen LogP contribution in [0.15, 0.2) is 60.7 Å². The van der Waals surface area contributed by atoms with Crippen LogP contribution in [0.1, 0.15) is 27.9 Å². The predicted molar refractivity (Wildman–Crippen MR) is 126 cm³/mol. The summed E-state index contributed by atoms with van der Waals surface area (Å²) in [6.07, 6.45) is -0.439. The second kappa shape index (κ2) is 9.06. The molecular weight excluding hydrogens is 465 g/mol. The van der Waals surface area contributed by atoms with Gasteiger partial charge in [0, 0.05) is 26.7 Å². The SMILES string of the molecule is COc1ccc(C(=O)CC2(O)C(=O)N(Cc3c(Cl)cccc3Cl)c3ccccc32)cc1OC. The smallest absolute Gasteiger partial charge is 0.264 e. The lowest BCUT2D eigenvalue weighted by atomic mass is 9.88. The van der Waals surface area contributed by atoms with E-state index in [0.717, 1.165) is 0 Å². The molecule has 0 radical (unpaired) electrons. The molecule has 3 aromatic rings. The van der Waals surface area contributed by atoms with Gasteiger partial charge in [0.1, 0.15) is 0 Å². The molecule has 6 nitrogen and oxygen atoms in total. The van der Waals surface area contributed by atoms with Crippen molar-refractivity contribution in [2.24, 2.45) is 0 Å². The normalized spacial score (nSPS) is 17.1. The fraction of sp³-hybridized carbons (Fsp3) is 0.200. The minimum absolute atomic E-state index is 0.0568. The lowest BCUT2D eigenvalue weighted by molar-refractivity contribution is -0.136. The summed E-state index contributed by atoms with van der Waals surface area (Å²) in [5.74, 6) is -0.186. The summed E-state index contributed by atoms with van der Waals surface area (Å²) in [4.78, 5) is 28.0. The van der Waals surface area contributed by atoms with Crippen molar-refractivity contribution < 1.29 is 24.2 Å². The van der Waals surface area contributed by atoms with Crippen molar-refractivity contribution in [1.29, 1.82) is 0 Å². The summed E-state index contributed by atoms with van der Waals surface area (Å²) >= 11 is 12.6. The van der Waals surface area contributed by atoms with E-state index in [4.69, 9.17) is 32.7 Å². The topological polar surface area (TPSA) is 76.1 Å². The van der Waals surface area contributed by atoms with Gasteiger partial charge in [-0.15, -0.1) is 0 Å². The number of amides is 1. The van der Waals surface area contributed by atoms with Gasteiger partial charge in [-0.25, -0.2) is 0 Å². The van der Waals surface area contributed by atoms with Crippen LogP contribution in [0, 0.1) is 0 Å². The van der Waals surface area contributed by atoms with Crippen molar-refractivity contribution in [2.45, 2.75) is 18.6 Å². The van der Waals surface area contributed by atoms with Crippen LogP contribution < -0.4 is 14.4 Å². The number of carbonyl (C=O) groups excluding carboxylic acids is 2. The maximum absolute atomic E-state index is 13.5. The van der Waals surface area contributed by atoms with Crippen molar-refractivity contribution in [3.05, 3.63) is 87.4 Å². The van der Waals surface area contributed by atoms with Crippen LogP contribution in [-0.4, -0.2) is 31.0 Å². The fourth-order valence-electron chi connectivity index (χ4n) is 4.02. The Bertz CT molecular complexity index is 1220. The van der Waals surface area contributed by atoms with Crippen LogP contribution in [-0.2, 0) is 16.9 Å². The number of hydrogen-bond donors (Lipinski definition) is 1. The first-order valence-electron chi connectivity index (χ1n) is 10.1. The zero-order chi connectivity index (χ0) is 23.8. The second-order valence-corrected chi connectivity index (χ2v) is 8.45. The van der Waals surface area contributed by atoms with Gasteiger partial charge in [-0.2, -0.15) is 0 Å². The number of ketones is 1.